The number of para-hydroxylation sites is 1. The molecule has 2 N–H and O–H groups in total. The first kappa shape index (κ1) is 16.7. The van der Waals surface area contributed by atoms with E-state index < -0.39 is 18.0 Å². The lowest BCUT2D eigenvalue weighted by atomic mass is 10.1. The summed E-state index contributed by atoms with van der Waals surface area (Å²) in [7, 11) is 1.52. The summed E-state index contributed by atoms with van der Waals surface area (Å²) in [6.45, 7) is 0.175. The van der Waals surface area contributed by atoms with Crippen molar-refractivity contribution >= 4 is 22.8 Å². The first-order valence-electron chi connectivity index (χ1n) is 7.66. The molecule has 0 fully saturated rings. The Kier molecular flexibility index (Phi) is 4.81. The molecule has 1 amide bonds. The third kappa shape index (κ3) is 3.39. The van der Waals surface area contributed by atoms with E-state index in [4.69, 9.17) is 19.6 Å². The van der Waals surface area contributed by atoms with Crippen LogP contribution in [0.1, 0.15) is 27.8 Å². The average Bonchev–Trinajstić information content (AvgIpc) is 2.99. The van der Waals surface area contributed by atoms with Crippen LogP contribution in [-0.2, 0) is 20.9 Å². The molecule has 6 heteroatoms. The Bertz CT molecular complexity index is 901. The SMILES string of the molecule is COCc1c(C(=O)OC(C(N)=O)c2ccccc2)oc2ccccc12. The van der Waals surface area contributed by atoms with Crippen molar-refractivity contribution in [3.63, 3.8) is 0 Å². The molecule has 128 valence electrons. The fourth-order valence-corrected chi connectivity index (χ4v) is 2.63. The normalized spacial score (nSPS) is 12.0. The van der Waals surface area contributed by atoms with Crippen LogP contribution in [0.15, 0.2) is 59.0 Å². The Balaban J connectivity index is 1.96. The molecule has 0 radical (unpaired) electrons. The predicted octanol–water partition coefficient (Wildman–Crippen LogP) is 2.96. The van der Waals surface area contributed by atoms with Gasteiger partial charge in [-0.15, -0.1) is 0 Å². The minimum Gasteiger partial charge on any atom is -0.449 e. The first-order chi connectivity index (χ1) is 12.1. The van der Waals surface area contributed by atoms with E-state index in [9.17, 15) is 9.59 Å². The molecule has 6 nitrogen and oxygen atoms in total. The number of nitrogens with two attached hydrogens (primary N) is 1. The van der Waals surface area contributed by atoms with Gasteiger partial charge in [-0.25, -0.2) is 4.79 Å². The highest BCUT2D eigenvalue weighted by atomic mass is 16.6. The van der Waals surface area contributed by atoms with Crippen LogP contribution < -0.4 is 5.73 Å². The van der Waals surface area contributed by atoms with Gasteiger partial charge in [0.2, 0.25) is 11.9 Å². The van der Waals surface area contributed by atoms with Crippen molar-refractivity contribution in [3.8, 4) is 0 Å². The monoisotopic (exact) mass is 339 g/mol. The van der Waals surface area contributed by atoms with Gasteiger partial charge in [-0.2, -0.15) is 0 Å². The van der Waals surface area contributed by atoms with Crippen LogP contribution in [0.25, 0.3) is 11.0 Å². The number of furan rings is 1. The summed E-state index contributed by atoms with van der Waals surface area (Å²) < 4.78 is 16.1. The van der Waals surface area contributed by atoms with E-state index in [1.165, 1.54) is 7.11 Å². The fraction of sp³-hybridized carbons (Fsp3) is 0.158. The van der Waals surface area contributed by atoms with Crippen LogP contribution in [0.5, 0.6) is 0 Å². The predicted molar refractivity (Wildman–Crippen MR) is 90.7 cm³/mol. The number of primary amides is 1. The van der Waals surface area contributed by atoms with E-state index in [-0.39, 0.29) is 12.4 Å². The molecule has 0 saturated heterocycles. The lowest BCUT2D eigenvalue weighted by Gasteiger charge is -2.14. The van der Waals surface area contributed by atoms with Gasteiger partial charge in [0, 0.05) is 23.6 Å². The number of hydrogen-bond acceptors (Lipinski definition) is 5. The quantitative estimate of drug-likeness (QED) is 0.697. The molecular formula is C19H17NO5. The summed E-state index contributed by atoms with van der Waals surface area (Å²) in [5.74, 6) is -1.52. The fourth-order valence-electron chi connectivity index (χ4n) is 2.63. The van der Waals surface area contributed by atoms with Crippen LogP contribution in [0.4, 0.5) is 0 Å². The lowest BCUT2D eigenvalue weighted by Crippen LogP contribution is -2.26. The molecule has 3 rings (SSSR count). The maximum atomic E-state index is 12.6. The zero-order valence-corrected chi connectivity index (χ0v) is 13.6. The number of methoxy groups -OCH3 is 1. The molecule has 1 atom stereocenters. The van der Waals surface area contributed by atoms with Gasteiger partial charge in [0.05, 0.1) is 6.61 Å². The molecule has 2 aromatic carbocycles. The number of hydrogen-bond donors (Lipinski definition) is 1. The molecule has 25 heavy (non-hydrogen) atoms. The topological polar surface area (TPSA) is 91.8 Å². The van der Waals surface area contributed by atoms with Crippen LogP contribution in [0.3, 0.4) is 0 Å². The molecule has 1 aromatic heterocycles. The van der Waals surface area contributed by atoms with E-state index in [0.717, 1.165) is 5.39 Å². The highest BCUT2D eigenvalue weighted by molar-refractivity contribution is 5.97. The van der Waals surface area contributed by atoms with Crippen LogP contribution in [0.2, 0.25) is 0 Å². The standard InChI is InChI=1S/C19H17NO5/c1-23-11-14-13-9-5-6-10-15(13)24-17(14)19(22)25-16(18(20)21)12-7-3-2-4-8-12/h2-10,16H,11H2,1H3,(H2,20,21). The second kappa shape index (κ2) is 7.19. The maximum Gasteiger partial charge on any atom is 0.375 e. The minimum absolute atomic E-state index is 0.00484. The molecule has 0 saturated carbocycles. The van der Waals surface area contributed by atoms with E-state index in [1.807, 2.05) is 12.1 Å². The van der Waals surface area contributed by atoms with Gasteiger partial charge >= 0.3 is 5.97 Å². The van der Waals surface area contributed by atoms with Gasteiger partial charge < -0.3 is 19.6 Å². The number of amides is 1. The zero-order chi connectivity index (χ0) is 17.8. The molecule has 1 unspecified atom stereocenters. The summed E-state index contributed by atoms with van der Waals surface area (Å²) in [5, 5.41) is 0.756. The Hall–Kier alpha value is -3.12. The molecule has 1 heterocycles. The summed E-state index contributed by atoms with van der Waals surface area (Å²) in [6.07, 6.45) is -1.20. The number of esters is 1. The molecule has 0 aliphatic carbocycles. The number of carbonyl (C=O) groups is 2. The molecule has 0 bridgehead atoms. The minimum atomic E-state index is -1.20. The third-order valence-electron chi connectivity index (χ3n) is 3.76. The van der Waals surface area contributed by atoms with Gasteiger partial charge in [0.1, 0.15) is 5.58 Å². The third-order valence-corrected chi connectivity index (χ3v) is 3.76. The second-order valence-corrected chi connectivity index (χ2v) is 5.44. The molecule has 0 aliphatic heterocycles. The smallest absolute Gasteiger partial charge is 0.375 e. The lowest BCUT2D eigenvalue weighted by molar-refractivity contribution is -0.127. The van der Waals surface area contributed by atoms with Crippen molar-refractivity contribution in [2.24, 2.45) is 5.73 Å². The Morgan fingerprint density at radius 2 is 1.76 bits per heavy atom. The maximum absolute atomic E-state index is 12.6. The summed E-state index contributed by atoms with van der Waals surface area (Å²) in [4.78, 5) is 24.4. The number of carbonyl (C=O) groups excluding carboxylic acids is 2. The van der Waals surface area contributed by atoms with Crippen LogP contribution >= 0.6 is 0 Å². The Labute approximate surface area is 144 Å². The van der Waals surface area contributed by atoms with Gasteiger partial charge in [-0.1, -0.05) is 48.5 Å². The summed E-state index contributed by atoms with van der Waals surface area (Å²) in [6, 6.07) is 15.8. The number of fused-ring (bicyclic) bond motifs is 1. The molecular weight excluding hydrogens is 322 g/mol. The molecule has 0 aliphatic rings. The van der Waals surface area contributed by atoms with Gasteiger partial charge in [0.15, 0.2) is 0 Å². The van der Waals surface area contributed by atoms with Crippen molar-refractivity contribution in [3.05, 3.63) is 71.5 Å². The zero-order valence-electron chi connectivity index (χ0n) is 13.6. The van der Waals surface area contributed by atoms with Crippen LogP contribution in [-0.4, -0.2) is 19.0 Å². The van der Waals surface area contributed by atoms with Gasteiger partial charge in [0.25, 0.3) is 5.91 Å². The summed E-state index contributed by atoms with van der Waals surface area (Å²) in [5.41, 5.74) is 7.00. The summed E-state index contributed by atoms with van der Waals surface area (Å²) >= 11 is 0. The van der Waals surface area contributed by atoms with E-state index in [1.54, 1.807) is 42.5 Å². The van der Waals surface area contributed by atoms with E-state index >= 15 is 0 Å². The van der Waals surface area contributed by atoms with Crippen molar-refractivity contribution in [2.75, 3.05) is 7.11 Å². The highest BCUT2D eigenvalue weighted by Crippen LogP contribution is 2.28. The van der Waals surface area contributed by atoms with Crippen molar-refractivity contribution < 1.29 is 23.5 Å². The van der Waals surface area contributed by atoms with Crippen molar-refractivity contribution in [1.82, 2.24) is 0 Å². The van der Waals surface area contributed by atoms with Gasteiger partial charge in [-0.3, -0.25) is 4.79 Å². The first-order valence-corrected chi connectivity index (χ1v) is 7.66. The second-order valence-electron chi connectivity index (χ2n) is 5.44. The number of ether oxygens (including phenoxy) is 2. The molecule has 3 aromatic rings. The van der Waals surface area contributed by atoms with E-state index in [0.29, 0.717) is 16.7 Å². The van der Waals surface area contributed by atoms with Gasteiger partial charge in [-0.05, 0) is 6.07 Å². The largest absolute Gasteiger partial charge is 0.449 e. The average molecular weight is 339 g/mol. The number of benzene rings is 2. The van der Waals surface area contributed by atoms with Crippen LogP contribution in [0, 0.1) is 0 Å². The van der Waals surface area contributed by atoms with Crippen molar-refractivity contribution in [2.45, 2.75) is 12.7 Å². The highest BCUT2D eigenvalue weighted by Gasteiger charge is 2.28. The Morgan fingerprint density at radius 1 is 1.08 bits per heavy atom. The number of rotatable bonds is 6. The van der Waals surface area contributed by atoms with Crippen molar-refractivity contribution in [1.29, 1.82) is 0 Å². The Morgan fingerprint density at radius 3 is 2.44 bits per heavy atom. The van der Waals surface area contributed by atoms with E-state index in [2.05, 4.69) is 0 Å². The molecule has 0 spiro atoms.